The molecule has 4 heteroatoms. The molecule has 0 unspecified atom stereocenters. The molecule has 0 saturated carbocycles. The van der Waals surface area contributed by atoms with Gasteiger partial charge in [-0.25, -0.2) is 0 Å². The Hall–Kier alpha value is -1.65. The zero-order valence-electron chi connectivity index (χ0n) is 13.3. The van der Waals surface area contributed by atoms with E-state index in [4.69, 9.17) is 12.2 Å². The van der Waals surface area contributed by atoms with Crippen molar-refractivity contribution >= 4 is 34.0 Å². The van der Waals surface area contributed by atoms with E-state index in [0.717, 1.165) is 30.4 Å². The fraction of sp³-hybridized carbons (Fsp3) is 0.263. The number of benzene rings is 2. The van der Waals surface area contributed by atoms with Crippen LogP contribution in [0.5, 0.6) is 0 Å². The molecule has 2 nitrogen and oxygen atoms in total. The van der Waals surface area contributed by atoms with Gasteiger partial charge < -0.3 is 0 Å². The molecule has 0 amide bonds. The lowest BCUT2D eigenvalue weighted by molar-refractivity contribution is -0.532. The van der Waals surface area contributed by atoms with Crippen molar-refractivity contribution in [2.45, 2.75) is 13.1 Å². The van der Waals surface area contributed by atoms with Crippen LogP contribution in [-0.4, -0.2) is 38.9 Å². The largest absolute Gasteiger partial charge is 0.297 e. The normalized spacial score (nSPS) is 14.4. The molecule has 0 aromatic heterocycles. The molecule has 1 aliphatic rings. The van der Waals surface area contributed by atoms with Crippen molar-refractivity contribution in [3.05, 3.63) is 71.8 Å². The van der Waals surface area contributed by atoms with Gasteiger partial charge in [0.25, 0.3) is 5.84 Å². The molecule has 118 valence electrons. The van der Waals surface area contributed by atoms with Crippen LogP contribution in [0.1, 0.15) is 11.1 Å². The molecule has 0 atom stereocenters. The fourth-order valence-electron chi connectivity index (χ4n) is 2.92. The van der Waals surface area contributed by atoms with Gasteiger partial charge in [0.05, 0.1) is 0 Å². The summed E-state index contributed by atoms with van der Waals surface area (Å²) in [5.74, 6) is 1.21. The minimum atomic E-state index is 0.919. The summed E-state index contributed by atoms with van der Waals surface area (Å²) >= 11 is 7.31. The summed E-state index contributed by atoms with van der Waals surface area (Å²) in [6.45, 7) is 3.89. The number of hydrogen-bond acceptors (Lipinski definition) is 3. The van der Waals surface area contributed by atoms with Gasteiger partial charge in [-0.3, -0.25) is 9.48 Å². The summed E-state index contributed by atoms with van der Waals surface area (Å²) in [5, 5.41) is 0. The van der Waals surface area contributed by atoms with Gasteiger partial charge in [0, 0.05) is 0 Å². The zero-order valence-corrected chi connectivity index (χ0v) is 14.9. The van der Waals surface area contributed by atoms with Crippen LogP contribution in [-0.2, 0) is 13.1 Å². The first-order valence-corrected chi connectivity index (χ1v) is 9.44. The predicted octanol–water partition coefficient (Wildman–Crippen LogP) is 3.80. The van der Waals surface area contributed by atoms with Crippen LogP contribution in [0.3, 0.4) is 0 Å². The quantitative estimate of drug-likeness (QED) is 0.603. The van der Waals surface area contributed by atoms with E-state index in [1.807, 2.05) is 0 Å². The highest BCUT2D eigenvalue weighted by molar-refractivity contribution is 8.24. The highest BCUT2D eigenvalue weighted by atomic mass is 32.2. The second-order valence-electron chi connectivity index (χ2n) is 5.63. The third-order valence-corrected chi connectivity index (χ3v) is 5.28. The molecule has 0 fully saturated rings. The van der Waals surface area contributed by atoms with Gasteiger partial charge in [0.1, 0.15) is 26.2 Å². The maximum atomic E-state index is 5.64. The molecule has 0 spiro atoms. The first-order chi connectivity index (χ1) is 11.3. The first kappa shape index (κ1) is 16.2. The van der Waals surface area contributed by atoms with Crippen LogP contribution in [0, 0.1) is 0 Å². The third kappa shape index (κ3) is 4.01. The minimum Gasteiger partial charge on any atom is -0.252 e. The van der Waals surface area contributed by atoms with Gasteiger partial charge in [-0.2, -0.15) is 0 Å². The van der Waals surface area contributed by atoms with E-state index in [2.05, 4.69) is 76.4 Å². The van der Waals surface area contributed by atoms with Crippen LogP contribution in [0.25, 0.3) is 0 Å². The second-order valence-corrected chi connectivity index (χ2v) is 7.11. The Balaban J connectivity index is 1.85. The van der Waals surface area contributed by atoms with Crippen molar-refractivity contribution in [3.8, 4) is 0 Å². The van der Waals surface area contributed by atoms with Gasteiger partial charge >= 0.3 is 0 Å². The van der Waals surface area contributed by atoms with E-state index in [9.17, 15) is 0 Å². The van der Waals surface area contributed by atoms with E-state index >= 15 is 0 Å². The monoisotopic (exact) mass is 341 g/mol. The van der Waals surface area contributed by atoms with Crippen molar-refractivity contribution in [1.82, 2.24) is 4.90 Å². The third-order valence-electron chi connectivity index (χ3n) is 4.04. The molecule has 0 radical (unpaired) electrons. The van der Waals surface area contributed by atoms with Crippen molar-refractivity contribution in [2.24, 2.45) is 0 Å². The first-order valence-electron chi connectivity index (χ1n) is 7.81. The molecule has 23 heavy (non-hydrogen) atoms. The van der Waals surface area contributed by atoms with Crippen LogP contribution in [0.15, 0.2) is 60.7 Å². The van der Waals surface area contributed by atoms with E-state index in [-0.39, 0.29) is 0 Å². The summed E-state index contributed by atoms with van der Waals surface area (Å²) < 4.78 is 3.39. The molecule has 3 rings (SSSR count). The Kier molecular flexibility index (Phi) is 5.47. The number of nitrogens with zero attached hydrogens (tertiary/aromatic N) is 2. The van der Waals surface area contributed by atoms with Gasteiger partial charge in [0.2, 0.25) is 0 Å². The Morgan fingerprint density at radius 1 is 1.04 bits per heavy atom. The second kappa shape index (κ2) is 7.75. The maximum absolute atomic E-state index is 5.64. The summed E-state index contributed by atoms with van der Waals surface area (Å²) in [6, 6.07) is 21.2. The maximum Gasteiger partial charge on any atom is 0.297 e. The molecule has 0 aliphatic carbocycles. The standard InChI is InChI=1S/C19H21N2S2/c1-23-19(22)18-20(14-16-8-4-2-5-9-16)12-13-21(18)15-17-10-6-3-7-11-17/h2-11H,12-15H2,1H3/q+1. The lowest BCUT2D eigenvalue weighted by Crippen LogP contribution is -2.33. The number of thiocarbonyl (C=S) groups is 1. The summed E-state index contributed by atoms with van der Waals surface area (Å²) in [5.41, 5.74) is 2.66. The van der Waals surface area contributed by atoms with Gasteiger partial charge in [-0.05, 0) is 17.4 Å². The predicted molar refractivity (Wildman–Crippen MR) is 103 cm³/mol. The molecular weight excluding hydrogens is 320 g/mol. The molecule has 0 bridgehead atoms. The molecule has 0 N–H and O–H groups in total. The SMILES string of the molecule is CSC(=S)C1=[N+](Cc2ccccc2)CCN1Cc1ccccc1. The van der Waals surface area contributed by atoms with E-state index in [1.54, 1.807) is 11.8 Å². The summed E-state index contributed by atoms with van der Waals surface area (Å²) in [6.07, 6.45) is 2.06. The molecular formula is C19H21N2S2+. The highest BCUT2D eigenvalue weighted by Gasteiger charge is 2.33. The molecule has 2 aromatic rings. The van der Waals surface area contributed by atoms with Gasteiger partial charge in [-0.15, -0.1) is 11.8 Å². The Bertz CT molecular complexity index is 696. The number of rotatable bonds is 5. The number of thioether (sulfide) groups is 1. The molecule has 0 saturated heterocycles. The lowest BCUT2D eigenvalue weighted by Gasteiger charge is -2.13. The molecule has 1 heterocycles. The highest BCUT2D eigenvalue weighted by Crippen LogP contribution is 2.16. The average Bonchev–Trinajstić information content (AvgIpc) is 2.98. The minimum absolute atomic E-state index is 0.919. The zero-order chi connectivity index (χ0) is 16.1. The van der Waals surface area contributed by atoms with E-state index < -0.39 is 0 Å². The van der Waals surface area contributed by atoms with Crippen LogP contribution in [0.2, 0.25) is 0 Å². The van der Waals surface area contributed by atoms with Crippen molar-refractivity contribution < 1.29 is 4.58 Å². The van der Waals surface area contributed by atoms with E-state index in [1.165, 1.54) is 17.0 Å². The Labute approximate surface area is 147 Å². The fourth-order valence-corrected chi connectivity index (χ4v) is 3.62. The van der Waals surface area contributed by atoms with Crippen LogP contribution < -0.4 is 0 Å². The van der Waals surface area contributed by atoms with Crippen LogP contribution in [0.4, 0.5) is 0 Å². The Morgan fingerprint density at radius 2 is 1.65 bits per heavy atom. The van der Waals surface area contributed by atoms with Crippen molar-refractivity contribution in [3.63, 3.8) is 0 Å². The topological polar surface area (TPSA) is 6.25 Å². The van der Waals surface area contributed by atoms with Crippen LogP contribution >= 0.6 is 24.0 Å². The Morgan fingerprint density at radius 3 is 2.26 bits per heavy atom. The van der Waals surface area contributed by atoms with Gasteiger partial charge in [-0.1, -0.05) is 72.9 Å². The average molecular weight is 342 g/mol. The smallest absolute Gasteiger partial charge is 0.252 e. The summed E-state index contributed by atoms with van der Waals surface area (Å²) in [4.78, 5) is 2.41. The molecule has 1 aliphatic heterocycles. The molecule has 2 aromatic carbocycles. The number of hydrogen-bond donors (Lipinski definition) is 0. The van der Waals surface area contributed by atoms with Crippen molar-refractivity contribution in [2.75, 3.05) is 19.3 Å². The van der Waals surface area contributed by atoms with Crippen molar-refractivity contribution in [1.29, 1.82) is 0 Å². The van der Waals surface area contributed by atoms with Gasteiger partial charge in [0.15, 0.2) is 4.20 Å². The number of amidine groups is 1. The van der Waals surface area contributed by atoms with E-state index in [0.29, 0.717) is 0 Å². The lowest BCUT2D eigenvalue weighted by atomic mass is 10.2. The summed E-state index contributed by atoms with van der Waals surface area (Å²) in [7, 11) is 0.